The molecule has 0 aliphatic carbocycles. The number of carbonyl (C=O) groups excluding carboxylic acids is 1. The maximum atomic E-state index is 12.5. The molecule has 0 aromatic heterocycles. The molecule has 0 bridgehead atoms. The molecule has 126 valence electrons. The van der Waals surface area contributed by atoms with Crippen molar-refractivity contribution in [3.05, 3.63) is 66.7 Å². The van der Waals surface area contributed by atoms with E-state index in [2.05, 4.69) is 25.7 Å². The van der Waals surface area contributed by atoms with Crippen LogP contribution >= 0.6 is 0 Å². The topological polar surface area (TPSA) is 47.6 Å². The van der Waals surface area contributed by atoms with Gasteiger partial charge in [-0.1, -0.05) is 38.6 Å². The van der Waals surface area contributed by atoms with E-state index < -0.39 is 0 Å². The minimum Gasteiger partial charge on any atom is -0.492 e. The molecule has 0 saturated carbocycles. The molecule has 0 saturated heterocycles. The van der Waals surface area contributed by atoms with Gasteiger partial charge in [-0.3, -0.25) is 4.79 Å². The minimum atomic E-state index is -0.200. The van der Waals surface area contributed by atoms with E-state index in [0.717, 1.165) is 5.75 Å². The minimum absolute atomic E-state index is 0.200. The standard InChI is InChI=1S/C20H23NO3/c1-4-13-23-17-11-9-16(10-12-17)21-20(22)18-7-5-6-8-19(18)24-14-15(2)3/h4-12,15H,1,13-14H2,2-3H3,(H,21,22). The summed E-state index contributed by atoms with van der Waals surface area (Å²) in [5.74, 6) is 1.52. The predicted octanol–water partition coefficient (Wildman–Crippen LogP) is 4.54. The molecule has 0 unspecified atom stereocenters. The number of ether oxygens (including phenoxy) is 2. The lowest BCUT2D eigenvalue weighted by Crippen LogP contribution is -2.15. The summed E-state index contributed by atoms with van der Waals surface area (Å²) in [6.07, 6.45) is 1.68. The number of nitrogens with one attached hydrogen (secondary N) is 1. The maximum absolute atomic E-state index is 12.5. The summed E-state index contributed by atoms with van der Waals surface area (Å²) in [6.45, 7) is 8.76. The Morgan fingerprint density at radius 2 is 1.83 bits per heavy atom. The molecule has 0 atom stereocenters. The van der Waals surface area contributed by atoms with Gasteiger partial charge in [-0.05, 0) is 42.3 Å². The largest absolute Gasteiger partial charge is 0.492 e. The Hall–Kier alpha value is -2.75. The van der Waals surface area contributed by atoms with E-state index in [1.165, 1.54) is 0 Å². The van der Waals surface area contributed by atoms with Gasteiger partial charge in [-0.2, -0.15) is 0 Å². The number of rotatable bonds is 8. The number of hydrogen-bond acceptors (Lipinski definition) is 3. The fraction of sp³-hybridized carbons (Fsp3) is 0.250. The van der Waals surface area contributed by atoms with E-state index in [4.69, 9.17) is 9.47 Å². The first-order valence-corrected chi connectivity index (χ1v) is 7.97. The molecule has 0 spiro atoms. The molecular formula is C20H23NO3. The summed E-state index contributed by atoms with van der Waals surface area (Å²) in [5, 5.41) is 2.87. The molecule has 2 rings (SSSR count). The highest BCUT2D eigenvalue weighted by atomic mass is 16.5. The van der Waals surface area contributed by atoms with Gasteiger partial charge < -0.3 is 14.8 Å². The fourth-order valence-electron chi connectivity index (χ4n) is 2.02. The van der Waals surface area contributed by atoms with Gasteiger partial charge in [0, 0.05) is 5.69 Å². The van der Waals surface area contributed by atoms with Crippen molar-refractivity contribution in [1.82, 2.24) is 0 Å². The Labute approximate surface area is 143 Å². The van der Waals surface area contributed by atoms with E-state index in [1.54, 1.807) is 36.4 Å². The van der Waals surface area contributed by atoms with Gasteiger partial charge in [-0.25, -0.2) is 0 Å². The second-order valence-electron chi connectivity index (χ2n) is 5.78. The van der Waals surface area contributed by atoms with Gasteiger partial charge in [0.1, 0.15) is 18.1 Å². The maximum Gasteiger partial charge on any atom is 0.259 e. The lowest BCUT2D eigenvalue weighted by atomic mass is 10.1. The summed E-state index contributed by atoms with van der Waals surface area (Å²) >= 11 is 0. The van der Waals surface area contributed by atoms with Gasteiger partial charge >= 0.3 is 0 Å². The van der Waals surface area contributed by atoms with Crippen LogP contribution in [0.1, 0.15) is 24.2 Å². The van der Waals surface area contributed by atoms with Gasteiger partial charge in [-0.15, -0.1) is 0 Å². The lowest BCUT2D eigenvalue weighted by Gasteiger charge is -2.13. The average molecular weight is 325 g/mol. The number of para-hydroxylation sites is 1. The van der Waals surface area contributed by atoms with Crippen LogP contribution in [-0.4, -0.2) is 19.1 Å². The molecule has 0 heterocycles. The van der Waals surface area contributed by atoms with Gasteiger partial charge in [0.2, 0.25) is 0 Å². The SMILES string of the molecule is C=CCOc1ccc(NC(=O)c2ccccc2OCC(C)C)cc1. The van der Waals surface area contributed by atoms with Crippen molar-refractivity contribution in [3.8, 4) is 11.5 Å². The summed E-state index contributed by atoms with van der Waals surface area (Å²) in [7, 11) is 0. The van der Waals surface area contributed by atoms with Crippen LogP contribution in [-0.2, 0) is 0 Å². The quantitative estimate of drug-likeness (QED) is 0.725. The highest BCUT2D eigenvalue weighted by molar-refractivity contribution is 6.06. The monoisotopic (exact) mass is 325 g/mol. The Balaban J connectivity index is 2.05. The Bertz CT molecular complexity index is 678. The number of hydrogen-bond donors (Lipinski definition) is 1. The Morgan fingerprint density at radius 1 is 1.12 bits per heavy atom. The van der Waals surface area contributed by atoms with Crippen LogP contribution < -0.4 is 14.8 Å². The second-order valence-corrected chi connectivity index (χ2v) is 5.78. The Morgan fingerprint density at radius 3 is 2.50 bits per heavy atom. The van der Waals surface area contributed by atoms with Gasteiger partial charge in [0.15, 0.2) is 0 Å². The van der Waals surface area contributed by atoms with Crippen molar-refractivity contribution in [1.29, 1.82) is 0 Å². The van der Waals surface area contributed by atoms with Crippen molar-refractivity contribution >= 4 is 11.6 Å². The van der Waals surface area contributed by atoms with Crippen molar-refractivity contribution < 1.29 is 14.3 Å². The highest BCUT2D eigenvalue weighted by Gasteiger charge is 2.12. The highest BCUT2D eigenvalue weighted by Crippen LogP contribution is 2.21. The molecular weight excluding hydrogens is 302 g/mol. The number of carbonyl (C=O) groups is 1. The molecule has 0 fully saturated rings. The number of amides is 1. The lowest BCUT2D eigenvalue weighted by molar-refractivity contribution is 0.102. The van der Waals surface area contributed by atoms with Crippen LogP contribution in [0, 0.1) is 5.92 Å². The summed E-state index contributed by atoms with van der Waals surface area (Å²) in [4.78, 5) is 12.5. The first-order valence-electron chi connectivity index (χ1n) is 7.97. The molecule has 4 heteroatoms. The zero-order valence-electron chi connectivity index (χ0n) is 14.1. The molecule has 2 aromatic carbocycles. The molecule has 1 amide bonds. The van der Waals surface area contributed by atoms with E-state index in [-0.39, 0.29) is 5.91 Å². The number of benzene rings is 2. The molecule has 2 aromatic rings. The summed E-state index contributed by atoms with van der Waals surface area (Å²) in [6, 6.07) is 14.5. The van der Waals surface area contributed by atoms with E-state index >= 15 is 0 Å². The normalized spacial score (nSPS) is 10.3. The zero-order chi connectivity index (χ0) is 17.4. The smallest absolute Gasteiger partial charge is 0.259 e. The van der Waals surface area contributed by atoms with Crippen molar-refractivity contribution in [3.63, 3.8) is 0 Å². The number of anilines is 1. The van der Waals surface area contributed by atoms with Crippen LogP contribution in [0.25, 0.3) is 0 Å². The van der Waals surface area contributed by atoms with Crippen LogP contribution in [0.3, 0.4) is 0 Å². The van der Waals surface area contributed by atoms with Crippen LogP contribution in [0.5, 0.6) is 11.5 Å². The first-order chi connectivity index (χ1) is 11.6. The first kappa shape index (κ1) is 17.6. The van der Waals surface area contributed by atoms with Crippen LogP contribution in [0.4, 0.5) is 5.69 Å². The molecule has 4 nitrogen and oxygen atoms in total. The molecule has 24 heavy (non-hydrogen) atoms. The molecule has 0 radical (unpaired) electrons. The second kappa shape index (κ2) is 8.77. The Kier molecular flexibility index (Phi) is 6.43. The molecule has 0 aliphatic heterocycles. The van der Waals surface area contributed by atoms with E-state index in [1.807, 2.05) is 18.2 Å². The summed E-state index contributed by atoms with van der Waals surface area (Å²) < 4.78 is 11.2. The summed E-state index contributed by atoms with van der Waals surface area (Å²) in [5.41, 5.74) is 1.22. The van der Waals surface area contributed by atoms with Crippen LogP contribution in [0.15, 0.2) is 61.2 Å². The third-order valence-corrected chi connectivity index (χ3v) is 3.18. The van der Waals surface area contributed by atoms with Crippen molar-refractivity contribution in [2.45, 2.75) is 13.8 Å². The van der Waals surface area contributed by atoms with Crippen molar-refractivity contribution in [2.75, 3.05) is 18.5 Å². The van der Waals surface area contributed by atoms with E-state index in [0.29, 0.717) is 36.1 Å². The van der Waals surface area contributed by atoms with Gasteiger partial charge in [0.25, 0.3) is 5.91 Å². The van der Waals surface area contributed by atoms with Crippen molar-refractivity contribution in [2.24, 2.45) is 5.92 Å². The van der Waals surface area contributed by atoms with Crippen LogP contribution in [0.2, 0.25) is 0 Å². The average Bonchev–Trinajstić information content (AvgIpc) is 2.59. The third kappa shape index (κ3) is 5.16. The molecule has 0 aliphatic rings. The van der Waals surface area contributed by atoms with E-state index in [9.17, 15) is 4.79 Å². The zero-order valence-corrected chi connectivity index (χ0v) is 14.1. The van der Waals surface area contributed by atoms with Gasteiger partial charge in [0.05, 0.1) is 12.2 Å². The molecule has 1 N–H and O–H groups in total. The predicted molar refractivity (Wildman–Crippen MR) is 96.9 cm³/mol. The fourth-order valence-corrected chi connectivity index (χ4v) is 2.02. The third-order valence-electron chi connectivity index (χ3n) is 3.18.